The van der Waals surface area contributed by atoms with Crippen LogP contribution in [0.5, 0.6) is 11.5 Å². The van der Waals surface area contributed by atoms with Gasteiger partial charge in [0, 0.05) is 5.56 Å². The molecule has 5 aromatic carbocycles. The lowest BCUT2D eigenvalue weighted by atomic mass is 10.0. The van der Waals surface area contributed by atoms with E-state index in [1.54, 1.807) is 25.1 Å². The van der Waals surface area contributed by atoms with Crippen LogP contribution in [-0.4, -0.2) is 24.2 Å². The number of rotatable bonds is 8. The number of fused-ring (bicyclic) bond motifs is 1. The van der Waals surface area contributed by atoms with Crippen LogP contribution in [0.1, 0.15) is 28.4 Å². The monoisotopic (exact) mass is 528 g/mol. The maximum Gasteiger partial charge on any atom is 0.343 e. The topological polar surface area (TPSA) is 77.0 Å². The highest BCUT2D eigenvalue weighted by Gasteiger charge is 2.16. The van der Waals surface area contributed by atoms with Crippen LogP contribution in [0.4, 0.5) is 0 Å². The Morgan fingerprint density at radius 1 is 0.775 bits per heavy atom. The van der Waals surface area contributed by atoms with E-state index in [1.807, 2.05) is 104 Å². The number of hydrogen-bond acceptors (Lipinski definition) is 5. The number of benzene rings is 5. The summed E-state index contributed by atoms with van der Waals surface area (Å²) in [4.78, 5) is 25.5. The number of carbonyl (C=O) groups excluding carboxylic acids is 2. The number of carbonyl (C=O) groups is 2. The van der Waals surface area contributed by atoms with Crippen LogP contribution in [-0.2, 0) is 4.79 Å². The summed E-state index contributed by atoms with van der Waals surface area (Å²) in [6, 6.07) is 36.0. The Hall–Kier alpha value is -5.23. The van der Waals surface area contributed by atoms with Crippen LogP contribution in [0.3, 0.4) is 0 Å². The molecule has 0 spiro atoms. The quantitative estimate of drug-likeness (QED) is 0.102. The summed E-state index contributed by atoms with van der Waals surface area (Å²) in [5.74, 6) is 0.0202. The van der Waals surface area contributed by atoms with Crippen LogP contribution in [0.15, 0.2) is 120 Å². The second-order valence-electron chi connectivity index (χ2n) is 9.34. The Morgan fingerprint density at radius 3 is 2.20 bits per heavy atom. The molecule has 40 heavy (non-hydrogen) atoms. The van der Waals surface area contributed by atoms with Gasteiger partial charge in [0.25, 0.3) is 5.91 Å². The summed E-state index contributed by atoms with van der Waals surface area (Å²) in [6.45, 7) is 3.61. The fourth-order valence-electron chi connectivity index (χ4n) is 4.21. The number of hydrogen-bond donors (Lipinski definition) is 1. The van der Waals surface area contributed by atoms with Crippen molar-refractivity contribution < 1.29 is 19.1 Å². The standard InChI is InChI=1S/C34H28N2O4/c1-23-12-14-28(15-13-23)34(38)40-32-21-18-27-10-6-7-11-30(27)31(32)22-35-36-33(37)24(2)39-29-19-16-26(17-20-29)25-8-4-3-5-9-25/h3-22,24H,1-2H3,(H,36,37)/b35-22-/t24-/m1/s1. The zero-order chi connectivity index (χ0) is 27.9. The van der Waals surface area contributed by atoms with E-state index >= 15 is 0 Å². The summed E-state index contributed by atoms with van der Waals surface area (Å²) in [6.07, 6.45) is 0.699. The number of hydrazone groups is 1. The van der Waals surface area contributed by atoms with Crippen molar-refractivity contribution in [2.24, 2.45) is 5.10 Å². The SMILES string of the molecule is Cc1ccc(C(=O)Oc2ccc3ccccc3c2/C=N\NC(=O)[C@@H](C)Oc2ccc(-c3ccccc3)cc2)cc1. The largest absolute Gasteiger partial charge is 0.481 e. The molecule has 0 aromatic heterocycles. The molecule has 0 heterocycles. The zero-order valence-electron chi connectivity index (χ0n) is 22.2. The lowest BCUT2D eigenvalue weighted by molar-refractivity contribution is -0.127. The van der Waals surface area contributed by atoms with Gasteiger partial charge in [-0.25, -0.2) is 10.2 Å². The first-order valence-electron chi connectivity index (χ1n) is 12.9. The van der Waals surface area contributed by atoms with Crippen LogP contribution in [0.2, 0.25) is 0 Å². The number of nitrogens with zero attached hydrogens (tertiary/aromatic N) is 1. The minimum Gasteiger partial charge on any atom is -0.481 e. The molecule has 6 heteroatoms. The molecule has 0 saturated carbocycles. The third-order valence-electron chi connectivity index (χ3n) is 6.43. The first-order valence-corrected chi connectivity index (χ1v) is 12.9. The van der Waals surface area contributed by atoms with Crippen molar-refractivity contribution in [3.63, 3.8) is 0 Å². The van der Waals surface area contributed by atoms with Crippen molar-refractivity contribution in [3.8, 4) is 22.6 Å². The van der Waals surface area contributed by atoms with Crippen LogP contribution >= 0.6 is 0 Å². The lowest BCUT2D eigenvalue weighted by Crippen LogP contribution is -2.33. The Morgan fingerprint density at radius 2 is 1.45 bits per heavy atom. The maximum absolute atomic E-state index is 12.8. The van der Waals surface area contributed by atoms with Gasteiger partial charge in [0.15, 0.2) is 6.10 Å². The number of amides is 1. The molecular weight excluding hydrogens is 500 g/mol. The Kier molecular flexibility index (Phi) is 7.97. The van der Waals surface area contributed by atoms with Gasteiger partial charge < -0.3 is 9.47 Å². The number of ether oxygens (including phenoxy) is 2. The van der Waals surface area contributed by atoms with Gasteiger partial charge in [0.05, 0.1) is 11.8 Å². The van der Waals surface area contributed by atoms with E-state index in [-0.39, 0.29) is 0 Å². The van der Waals surface area contributed by atoms with E-state index in [1.165, 1.54) is 6.21 Å². The summed E-state index contributed by atoms with van der Waals surface area (Å²) in [5.41, 5.74) is 6.76. The van der Waals surface area contributed by atoms with Crippen LogP contribution < -0.4 is 14.9 Å². The smallest absolute Gasteiger partial charge is 0.343 e. The molecule has 1 N–H and O–H groups in total. The Bertz CT molecular complexity index is 1660. The molecule has 0 bridgehead atoms. The van der Waals surface area contributed by atoms with E-state index in [0.29, 0.717) is 22.6 Å². The number of aryl methyl sites for hydroxylation is 1. The number of esters is 1. The molecule has 6 nitrogen and oxygen atoms in total. The molecule has 0 aliphatic heterocycles. The third kappa shape index (κ3) is 6.25. The van der Waals surface area contributed by atoms with Gasteiger partial charge in [0.1, 0.15) is 11.5 Å². The first-order chi connectivity index (χ1) is 19.5. The molecule has 0 unspecified atom stereocenters. The fourth-order valence-corrected chi connectivity index (χ4v) is 4.21. The molecule has 0 radical (unpaired) electrons. The molecule has 1 amide bonds. The van der Waals surface area contributed by atoms with E-state index < -0.39 is 18.0 Å². The predicted octanol–water partition coefficient (Wildman–Crippen LogP) is 6.95. The van der Waals surface area contributed by atoms with Gasteiger partial charge in [-0.05, 0) is 66.1 Å². The Labute approximate surface area is 232 Å². The predicted molar refractivity (Wildman–Crippen MR) is 158 cm³/mol. The minimum atomic E-state index is -0.786. The van der Waals surface area contributed by atoms with Crippen LogP contribution in [0.25, 0.3) is 21.9 Å². The van der Waals surface area contributed by atoms with Gasteiger partial charge in [-0.2, -0.15) is 5.10 Å². The van der Waals surface area contributed by atoms with Crippen molar-refractivity contribution in [2.45, 2.75) is 20.0 Å². The Balaban J connectivity index is 1.28. The summed E-state index contributed by atoms with van der Waals surface area (Å²) >= 11 is 0. The molecule has 5 aromatic rings. The summed E-state index contributed by atoms with van der Waals surface area (Å²) < 4.78 is 11.6. The molecular formula is C34H28N2O4. The van der Waals surface area contributed by atoms with E-state index in [2.05, 4.69) is 10.5 Å². The van der Waals surface area contributed by atoms with Gasteiger partial charge in [0.2, 0.25) is 0 Å². The molecule has 5 rings (SSSR count). The zero-order valence-corrected chi connectivity index (χ0v) is 22.2. The molecule has 0 fully saturated rings. The second kappa shape index (κ2) is 12.1. The fraction of sp³-hybridized carbons (Fsp3) is 0.0882. The van der Waals surface area contributed by atoms with E-state index in [4.69, 9.17) is 9.47 Å². The normalized spacial score (nSPS) is 11.8. The third-order valence-corrected chi connectivity index (χ3v) is 6.43. The molecule has 0 aliphatic rings. The van der Waals surface area contributed by atoms with Gasteiger partial charge in [-0.15, -0.1) is 0 Å². The molecule has 198 valence electrons. The van der Waals surface area contributed by atoms with Crippen molar-refractivity contribution in [1.82, 2.24) is 5.43 Å². The molecule has 1 atom stereocenters. The van der Waals surface area contributed by atoms with Crippen LogP contribution in [0, 0.1) is 6.92 Å². The highest BCUT2D eigenvalue weighted by atomic mass is 16.5. The van der Waals surface area contributed by atoms with Gasteiger partial charge >= 0.3 is 5.97 Å². The maximum atomic E-state index is 12.8. The second-order valence-corrected chi connectivity index (χ2v) is 9.34. The average molecular weight is 529 g/mol. The number of nitrogens with one attached hydrogen (secondary N) is 1. The van der Waals surface area contributed by atoms with Crippen molar-refractivity contribution in [3.05, 3.63) is 132 Å². The average Bonchev–Trinajstić information content (AvgIpc) is 2.99. The van der Waals surface area contributed by atoms with E-state index in [9.17, 15) is 9.59 Å². The lowest BCUT2D eigenvalue weighted by Gasteiger charge is -2.14. The van der Waals surface area contributed by atoms with Gasteiger partial charge in [-0.1, -0.05) is 90.5 Å². The highest BCUT2D eigenvalue weighted by Crippen LogP contribution is 2.28. The first kappa shape index (κ1) is 26.4. The minimum absolute atomic E-state index is 0.338. The molecule has 0 saturated heterocycles. The highest BCUT2D eigenvalue weighted by molar-refractivity contribution is 6.04. The summed E-state index contributed by atoms with van der Waals surface area (Å²) in [7, 11) is 0. The molecule has 0 aliphatic carbocycles. The summed E-state index contributed by atoms with van der Waals surface area (Å²) in [5, 5.41) is 5.94. The van der Waals surface area contributed by atoms with Gasteiger partial charge in [-0.3, -0.25) is 4.79 Å². The van der Waals surface area contributed by atoms with E-state index in [0.717, 1.165) is 27.5 Å². The van der Waals surface area contributed by atoms with Crippen molar-refractivity contribution >= 4 is 28.9 Å². The van der Waals surface area contributed by atoms with Crippen molar-refractivity contribution in [2.75, 3.05) is 0 Å². The van der Waals surface area contributed by atoms with Crippen molar-refractivity contribution in [1.29, 1.82) is 0 Å².